The van der Waals surface area contributed by atoms with E-state index in [1.54, 1.807) is 6.33 Å². The van der Waals surface area contributed by atoms with Gasteiger partial charge in [-0.1, -0.05) is 133 Å². The third-order valence-corrected chi connectivity index (χ3v) is 11.2. The fourth-order valence-corrected chi connectivity index (χ4v) is 8.40. The van der Waals surface area contributed by atoms with Gasteiger partial charge in [0.25, 0.3) is 0 Å². The summed E-state index contributed by atoms with van der Waals surface area (Å²) in [5.41, 5.74) is 16.0. The molecule has 1 aliphatic rings. The zero-order chi connectivity index (χ0) is 37.7. The van der Waals surface area contributed by atoms with Crippen LogP contribution in [0.1, 0.15) is 17.7 Å². The fraction of sp³-hybridized carbons (Fsp3) is 0.0385. The zero-order valence-electron chi connectivity index (χ0n) is 31.0. The van der Waals surface area contributed by atoms with Crippen molar-refractivity contribution in [1.29, 1.82) is 0 Å². The Balaban J connectivity index is 1.02. The summed E-state index contributed by atoms with van der Waals surface area (Å²) in [4.78, 5) is 19.8. The van der Waals surface area contributed by atoms with Crippen LogP contribution in [0.4, 0.5) is 0 Å². The molecule has 11 rings (SSSR count). The van der Waals surface area contributed by atoms with Crippen molar-refractivity contribution in [3.63, 3.8) is 0 Å². The topological polar surface area (TPSA) is 56.5 Å². The first kappa shape index (κ1) is 32.9. The van der Waals surface area contributed by atoms with Crippen LogP contribution < -0.4 is 0 Å². The molecule has 0 saturated heterocycles. The molecule has 0 atom stereocenters. The van der Waals surface area contributed by atoms with Crippen LogP contribution >= 0.6 is 0 Å². The van der Waals surface area contributed by atoms with E-state index in [1.807, 2.05) is 24.3 Å². The maximum absolute atomic E-state index is 5.25. The van der Waals surface area contributed by atoms with Crippen LogP contribution in [0.3, 0.4) is 0 Å². The highest BCUT2D eigenvalue weighted by Crippen LogP contribution is 2.38. The molecule has 3 heterocycles. The highest BCUT2D eigenvalue weighted by Gasteiger charge is 2.19. The van der Waals surface area contributed by atoms with Crippen LogP contribution in [0.2, 0.25) is 0 Å². The predicted molar refractivity (Wildman–Crippen MR) is 234 cm³/mol. The number of aromatic nitrogens is 5. The molecule has 0 fully saturated rings. The van der Waals surface area contributed by atoms with E-state index in [4.69, 9.17) is 15.0 Å². The van der Waals surface area contributed by atoms with E-state index in [0.29, 0.717) is 5.82 Å². The normalized spacial score (nSPS) is 12.4. The summed E-state index contributed by atoms with van der Waals surface area (Å²) >= 11 is 0. The Bertz CT molecular complexity index is 3110. The van der Waals surface area contributed by atoms with Crippen LogP contribution in [0.25, 0.3) is 101 Å². The molecule has 1 aliphatic carbocycles. The molecular formula is C52H35N5. The Hall–Kier alpha value is -7.50. The minimum Gasteiger partial charge on any atom is -0.309 e. The fourth-order valence-electron chi connectivity index (χ4n) is 8.40. The van der Waals surface area contributed by atoms with Gasteiger partial charge in [-0.05, 0) is 83.6 Å². The maximum atomic E-state index is 5.25. The lowest BCUT2D eigenvalue weighted by Crippen LogP contribution is -2.02. The number of rotatable bonds is 6. The average molecular weight is 730 g/mol. The maximum Gasteiger partial charge on any atom is 0.160 e. The Morgan fingerprint density at radius 1 is 0.439 bits per heavy atom. The van der Waals surface area contributed by atoms with Crippen molar-refractivity contribution in [3.8, 4) is 61.8 Å². The van der Waals surface area contributed by atoms with Gasteiger partial charge >= 0.3 is 0 Å². The average Bonchev–Trinajstić information content (AvgIpc) is 3.63. The minimum atomic E-state index is 0.701. The Morgan fingerprint density at radius 3 is 1.74 bits per heavy atom. The van der Waals surface area contributed by atoms with E-state index in [1.165, 1.54) is 27.4 Å². The second kappa shape index (κ2) is 13.7. The molecule has 0 N–H and O–H groups in total. The van der Waals surface area contributed by atoms with Gasteiger partial charge in [0.15, 0.2) is 5.82 Å². The zero-order valence-corrected chi connectivity index (χ0v) is 31.0. The molecule has 0 aliphatic heterocycles. The van der Waals surface area contributed by atoms with E-state index >= 15 is 0 Å². The number of benzene rings is 7. The number of hydrogen-bond acceptors (Lipinski definition) is 4. The minimum absolute atomic E-state index is 0.701. The van der Waals surface area contributed by atoms with Crippen LogP contribution in [-0.4, -0.2) is 24.5 Å². The number of para-hydroxylation sites is 3. The highest BCUT2D eigenvalue weighted by atomic mass is 15.0. The molecule has 0 saturated carbocycles. The van der Waals surface area contributed by atoms with E-state index in [0.717, 1.165) is 85.5 Å². The van der Waals surface area contributed by atoms with Gasteiger partial charge in [0, 0.05) is 44.1 Å². The van der Waals surface area contributed by atoms with Crippen LogP contribution in [0, 0.1) is 0 Å². The number of fused-ring (bicyclic) bond motifs is 5. The SMILES string of the molecule is C1=Cc2c(ncnc2-c2cc(-c3ccc(-c4ccc(-n5c6ccccc6c6ccccc65)cc4)cc3)cc(-c3nc(-c4ccccc4)nc4ccccc34)c2)CC1. The van der Waals surface area contributed by atoms with Gasteiger partial charge in [0.05, 0.1) is 33.6 Å². The molecule has 0 amide bonds. The van der Waals surface area contributed by atoms with E-state index in [2.05, 4.69) is 167 Å². The summed E-state index contributed by atoms with van der Waals surface area (Å²) in [7, 11) is 0. The second-order valence-electron chi connectivity index (χ2n) is 14.6. The number of hydrogen-bond donors (Lipinski definition) is 0. The van der Waals surface area contributed by atoms with Crippen molar-refractivity contribution < 1.29 is 0 Å². The van der Waals surface area contributed by atoms with Crippen molar-refractivity contribution in [3.05, 3.63) is 194 Å². The molecule has 0 unspecified atom stereocenters. The summed E-state index contributed by atoms with van der Waals surface area (Å²) in [5, 5.41) is 3.53. The molecule has 7 aromatic carbocycles. The predicted octanol–water partition coefficient (Wildman–Crippen LogP) is 12.8. The second-order valence-corrected chi connectivity index (χ2v) is 14.6. The third kappa shape index (κ3) is 5.80. The largest absolute Gasteiger partial charge is 0.309 e. The summed E-state index contributed by atoms with van der Waals surface area (Å²) in [5.74, 6) is 0.701. The summed E-state index contributed by atoms with van der Waals surface area (Å²) in [6.07, 6.45) is 7.99. The van der Waals surface area contributed by atoms with Crippen LogP contribution in [0.5, 0.6) is 0 Å². The molecular weight excluding hydrogens is 695 g/mol. The van der Waals surface area contributed by atoms with Crippen LogP contribution in [-0.2, 0) is 6.42 Å². The molecule has 5 heteroatoms. The van der Waals surface area contributed by atoms with Crippen molar-refractivity contribution in [2.45, 2.75) is 12.8 Å². The molecule has 5 nitrogen and oxygen atoms in total. The number of aryl methyl sites for hydroxylation is 1. The van der Waals surface area contributed by atoms with Gasteiger partial charge < -0.3 is 4.57 Å². The first-order valence-electron chi connectivity index (χ1n) is 19.4. The summed E-state index contributed by atoms with van der Waals surface area (Å²) in [6.45, 7) is 0. The third-order valence-electron chi connectivity index (χ3n) is 11.2. The lowest BCUT2D eigenvalue weighted by atomic mass is 9.92. The number of allylic oxidation sites excluding steroid dienone is 1. The summed E-state index contributed by atoms with van der Waals surface area (Å²) in [6, 6.07) is 60.3. The van der Waals surface area contributed by atoms with Crippen molar-refractivity contribution in [2.75, 3.05) is 0 Å². The first-order chi connectivity index (χ1) is 28.2. The van der Waals surface area contributed by atoms with E-state index in [-0.39, 0.29) is 0 Å². The Morgan fingerprint density at radius 2 is 1.02 bits per heavy atom. The highest BCUT2D eigenvalue weighted by molar-refractivity contribution is 6.09. The standard InChI is InChI=1S/C52H35N5/c1-2-12-37(13-3-1)52-55-47-19-9-5-17-45(47)51(56-52)40-31-38(30-39(32-40)50-44-16-4-8-18-46(44)53-33-54-50)36-24-22-34(23-25-36)35-26-28-41(29-27-35)57-48-20-10-6-14-42(48)43-15-7-11-21-49(43)57/h1-7,9-17,19-33H,8,18H2. The lowest BCUT2D eigenvalue weighted by Gasteiger charge is -2.16. The van der Waals surface area contributed by atoms with Crippen molar-refractivity contribution >= 4 is 38.8 Å². The smallest absolute Gasteiger partial charge is 0.160 e. The van der Waals surface area contributed by atoms with Gasteiger partial charge in [-0.15, -0.1) is 0 Å². The van der Waals surface area contributed by atoms with Crippen molar-refractivity contribution in [2.24, 2.45) is 0 Å². The lowest BCUT2D eigenvalue weighted by molar-refractivity contribution is 0.910. The summed E-state index contributed by atoms with van der Waals surface area (Å²) < 4.78 is 2.36. The van der Waals surface area contributed by atoms with E-state index < -0.39 is 0 Å². The monoisotopic (exact) mass is 729 g/mol. The van der Waals surface area contributed by atoms with Gasteiger partial charge in [-0.2, -0.15) is 0 Å². The van der Waals surface area contributed by atoms with Gasteiger partial charge in [-0.3, -0.25) is 0 Å². The molecule has 10 aromatic rings. The molecule has 268 valence electrons. The van der Waals surface area contributed by atoms with Crippen LogP contribution in [0.15, 0.2) is 182 Å². The molecule has 0 spiro atoms. The van der Waals surface area contributed by atoms with Crippen molar-refractivity contribution in [1.82, 2.24) is 24.5 Å². The number of nitrogens with zero attached hydrogens (tertiary/aromatic N) is 5. The Kier molecular flexibility index (Phi) is 7.88. The van der Waals surface area contributed by atoms with E-state index in [9.17, 15) is 0 Å². The van der Waals surface area contributed by atoms with Gasteiger partial charge in [0.1, 0.15) is 6.33 Å². The molecule has 3 aromatic heterocycles. The van der Waals surface area contributed by atoms with Gasteiger partial charge in [-0.25, -0.2) is 19.9 Å². The Labute approximate surface area is 330 Å². The molecule has 57 heavy (non-hydrogen) atoms. The first-order valence-corrected chi connectivity index (χ1v) is 19.4. The molecule has 0 radical (unpaired) electrons. The van der Waals surface area contributed by atoms with Gasteiger partial charge in [0.2, 0.25) is 0 Å². The molecule has 0 bridgehead atoms. The quantitative estimate of drug-likeness (QED) is 0.171.